The highest BCUT2D eigenvalue weighted by Crippen LogP contribution is 2.39. The number of nitrogen functional groups attached to an aromatic ring is 1. The molecule has 1 aliphatic rings. The number of benzene rings is 2. The van der Waals surface area contributed by atoms with Crippen LogP contribution in [0.15, 0.2) is 48.5 Å². The number of methoxy groups -OCH3 is 1. The van der Waals surface area contributed by atoms with E-state index in [9.17, 15) is 9.90 Å². The summed E-state index contributed by atoms with van der Waals surface area (Å²) >= 11 is 0. The number of aliphatic hydroxyl groups is 1. The van der Waals surface area contributed by atoms with Crippen molar-refractivity contribution in [2.75, 3.05) is 12.8 Å². The maximum absolute atomic E-state index is 12.5. The van der Waals surface area contributed by atoms with Gasteiger partial charge in [0.25, 0.3) is 5.91 Å². The molecule has 174 valence electrons. The Morgan fingerprint density at radius 1 is 1.24 bits per heavy atom. The number of hydrogen-bond donors (Lipinski definition) is 4. The zero-order valence-corrected chi connectivity index (χ0v) is 19.0. The molecule has 1 amide bonds. The molecule has 3 atom stereocenters. The summed E-state index contributed by atoms with van der Waals surface area (Å²) in [6, 6.07) is 15.0. The summed E-state index contributed by atoms with van der Waals surface area (Å²) in [7, 11) is 1.54. The maximum Gasteiger partial charge on any atom is 0.255 e. The Morgan fingerprint density at radius 2 is 1.97 bits per heavy atom. The van der Waals surface area contributed by atoms with Crippen LogP contribution in [-0.4, -0.2) is 27.9 Å². The number of nitrogens with zero attached hydrogens (tertiary/aromatic N) is 2. The fourth-order valence-corrected chi connectivity index (χ4v) is 4.53. The fourth-order valence-electron chi connectivity index (χ4n) is 4.53. The number of carbonyl (C=O) groups excluding carboxylic acids is 1. The van der Waals surface area contributed by atoms with Crippen LogP contribution in [0.2, 0.25) is 0 Å². The zero-order valence-electron chi connectivity index (χ0n) is 19.0. The van der Waals surface area contributed by atoms with Crippen LogP contribution in [0.1, 0.15) is 59.9 Å². The van der Waals surface area contributed by atoms with Crippen LogP contribution >= 0.6 is 0 Å². The molecule has 1 fully saturated rings. The molecule has 0 bridgehead atoms. The van der Waals surface area contributed by atoms with Crippen molar-refractivity contribution in [1.82, 2.24) is 15.1 Å². The smallest absolute Gasteiger partial charge is 0.255 e. The molecule has 0 radical (unpaired) electrons. The molecule has 1 aliphatic carbocycles. The molecule has 33 heavy (non-hydrogen) atoms. The number of nitrogens with one attached hydrogen (secondary N) is 1. The largest absolute Gasteiger partial charge is 0.496 e. The zero-order chi connectivity index (χ0) is 23.5. The molecule has 1 heterocycles. The Kier molecular flexibility index (Phi) is 6.67. The Bertz CT molecular complexity index is 1120. The quantitative estimate of drug-likeness (QED) is 0.409. The van der Waals surface area contributed by atoms with Crippen molar-refractivity contribution in [2.45, 2.75) is 45.0 Å². The molecule has 0 aliphatic heterocycles. The number of rotatable bonds is 7. The van der Waals surface area contributed by atoms with E-state index in [0.717, 1.165) is 30.4 Å². The maximum atomic E-state index is 12.5. The van der Waals surface area contributed by atoms with Crippen LogP contribution in [0, 0.1) is 5.92 Å². The Balaban J connectivity index is 1.51. The van der Waals surface area contributed by atoms with E-state index in [0.29, 0.717) is 40.9 Å². The first-order valence-electron chi connectivity index (χ1n) is 11.2. The summed E-state index contributed by atoms with van der Waals surface area (Å²) in [4.78, 5) is 12.5. The predicted molar refractivity (Wildman–Crippen MR) is 127 cm³/mol. The Morgan fingerprint density at radius 3 is 2.61 bits per heavy atom. The van der Waals surface area contributed by atoms with Gasteiger partial charge in [-0.1, -0.05) is 43.3 Å². The average Bonchev–Trinajstić information content (AvgIpc) is 3.40. The van der Waals surface area contributed by atoms with E-state index >= 15 is 0 Å². The van der Waals surface area contributed by atoms with Crippen molar-refractivity contribution in [3.8, 4) is 17.0 Å². The van der Waals surface area contributed by atoms with Crippen LogP contribution in [0.25, 0.3) is 11.3 Å². The Hall–Kier alpha value is -3.36. The van der Waals surface area contributed by atoms with E-state index in [1.807, 2.05) is 35.0 Å². The van der Waals surface area contributed by atoms with Gasteiger partial charge in [-0.05, 0) is 42.9 Å². The summed E-state index contributed by atoms with van der Waals surface area (Å²) in [5, 5.41) is 17.9. The van der Waals surface area contributed by atoms with Crippen LogP contribution in [-0.2, 0) is 6.54 Å². The van der Waals surface area contributed by atoms with E-state index in [4.69, 9.17) is 21.3 Å². The molecule has 1 saturated carbocycles. The minimum atomic E-state index is -1.22. The third kappa shape index (κ3) is 4.72. The third-order valence-electron chi connectivity index (χ3n) is 6.33. The second-order valence-electron chi connectivity index (χ2n) is 8.69. The van der Waals surface area contributed by atoms with Gasteiger partial charge >= 0.3 is 0 Å². The number of aliphatic hydroxyl groups excluding tert-OH is 1. The molecule has 3 aromatic rings. The van der Waals surface area contributed by atoms with Gasteiger partial charge in [0.15, 0.2) is 0 Å². The minimum Gasteiger partial charge on any atom is -0.496 e. The summed E-state index contributed by atoms with van der Waals surface area (Å²) in [6.07, 6.45) is 1.94. The molecule has 6 N–H and O–H groups in total. The molecule has 0 saturated heterocycles. The fraction of sp³-hybridized carbons (Fsp3) is 0.360. The van der Waals surface area contributed by atoms with Crippen molar-refractivity contribution < 1.29 is 14.6 Å². The lowest BCUT2D eigenvalue weighted by molar-refractivity contribution is 0.0948. The summed E-state index contributed by atoms with van der Waals surface area (Å²) in [5.41, 5.74) is 15.5. The monoisotopic (exact) mass is 449 g/mol. The molecular weight excluding hydrogens is 418 g/mol. The van der Waals surface area contributed by atoms with Crippen LogP contribution < -0.4 is 21.5 Å². The number of amides is 1. The molecular formula is C25H31N5O3. The van der Waals surface area contributed by atoms with Crippen LogP contribution in [0.4, 0.5) is 5.82 Å². The standard InChI is InChI=1S/C25H31N5O3/c1-15-7-12-18(13-15)30-23(26)21(24(27)31)22(29-30)17-10-8-16(9-11-17)14-28-25(32)19-5-3-4-6-20(19)33-2/h3-6,8-11,15,18,24,31H,7,12-14,26-27H2,1-2H3,(H,28,32). The van der Waals surface area contributed by atoms with Gasteiger partial charge in [0.05, 0.1) is 24.3 Å². The summed E-state index contributed by atoms with van der Waals surface area (Å²) in [5.74, 6) is 1.37. The van der Waals surface area contributed by atoms with Crippen molar-refractivity contribution >= 4 is 11.7 Å². The van der Waals surface area contributed by atoms with Gasteiger partial charge in [-0.3, -0.25) is 4.79 Å². The first kappa shape index (κ1) is 22.8. The molecule has 3 unspecified atom stereocenters. The number of hydrogen-bond acceptors (Lipinski definition) is 6. The summed E-state index contributed by atoms with van der Waals surface area (Å²) < 4.78 is 7.08. The first-order chi connectivity index (χ1) is 15.9. The lowest BCUT2D eigenvalue weighted by Crippen LogP contribution is -2.23. The Labute approximate surface area is 193 Å². The van der Waals surface area contributed by atoms with Gasteiger partial charge in [0.1, 0.15) is 23.5 Å². The average molecular weight is 450 g/mol. The van der Waals surface area contributed by atoms with Gasteiger partial charge in [0.2, 0.25) is 0 Å². The normalized spacial score (nSPS) is 18.8. The van der Waals surface area contributed by atoms with Crippen molar-refractivity contribution in [3.05, 3.63) is 65.2 Å². The number of aromatic nitrogens is 2. The van der Waals surface area contributed by atoms with Crippen molar-refractivity contribution in [1.29, 1.82) is 0 Å². The van der Waals surface area contributed by atoms with Crippen molar-refractivity contribution in [3.63, 3.8) is 0 Å². The molecule has 1 aromatic heterocycles. The van der Waals surface area contributed by atoms with Gasteiger partial charge in [0, 0.05) is 12.1 Å². The minimum absolute atomic E-state index is 0.206. The van der Waals surface area contributed by atoms with Gasteiger partial charge < -0.3 is 26.6 Å². The topological polar surface area (TPSA) is 128 Å². The second-order valence-corrected chi connectivity index (χ2v) is 8.69. The van der Waals surface area contributed by atoms with Gasteiger partial charge in [-0.2, -0.15) is 5.10 Å². The molecule has 2 aromatic carbocycles. The lowest BCUT2D eigenvalue weighted by atomic mass is 10.0. The van der Waals surface area contributed by atoms with Gasteiger partial charge in [-0.25, -0.2) is 4.68 Å². The number of anilines is 1. The molecule has 0 spiro atoms. The van der Waals surface area contributed by atoms with Crippen molar-refractivity contribution in [2.24, 2.45) is 11.7 Å². The molecule has 4 rings (SSSR count). The third-order valence-corrected chi connectivity index (χ3v) is 6.33. The number of carbonyl (C=O) groups is 1. The highest BCUT2D eigenvalue weighted by atomic mass is 16.5. The van der Waals surface area contributed by atoms with E-state index in [1.165, 1.54) is 0 Å². The first-order valence-corrected chi connectivity index (χ1v) is 11.2. The van der Waals surface area contributed by atoms with E-state index in [2.05, 4.69) is 12.2 Å². The highest BCUT2D eigenvalue weighted by molar-refractivity contribution is 5.96. The van der Waals surface area contributed by atoms with E-state index < -0.39 is 6.23 Å². The van der Waals surface area contributed by atoms with Crippen LogP contribution in [0.5, 0.6) is 5.75 Å². The van der Waals surface area contributed by atoms with E-state index in [1.54, 1.807) is 25.3 Å². The SMILES string of the molecule is COc1ccccc1C(=O)NCc1ccc(-c2nn(C3CCC(C)C3)c(N)c2C(N)O)cc1. The predicted octanol–water partition coefficient (Wildman–Crippen LogP) is 3.38. The number of ether oxygens (including phenoxy) is 1. The number of para-hydroxylation sites is 1. The number of nitrogens with two attached hydrogens (primary N) is 2. The highest BCUT2D eigenvalue weighted by Gasteiger charge is 2.29. The lowest BCUT2D eigenvalue weighted by Gasteiger charge is -2.13. The molecule has 8 heteroatoms. The molecule has 8 nitrogen and oxygen atoms in total. The summed E-state index contributed by atoms with van der Waals surface area (Å²) in [6.45, 7) is 2.59. The van der Waals surface area contributed by atoms with Crippen LogP contribution in [0.3, 0.4) is 0 Å². The van der Waals surface area contributed by atoms with Gasteiger partial charge in [-0.15, -0.1) is 0 Å². The second kappa shape index (κ2) is 9.64. The van der Waals surface area contributed by atoms with E-state index in [-0.39, 0.29) is 11.9 Å².